The molecule has 0 spiro atoms. The van der Waals surface area contributed by atoms with E-state index in [4.69, 9.17) is 9.84 Å². The summed E-state index contributed by atoms with van der Waals surface area (Å²) >= 11 is 0. The lowest BCUT2D eigenvalue weighted by Crippen LogP contribution is -1.98. The van der Waals surface area contributed by atoms with E-state index in [9.17, 15) is 4.79 Å². The Kier molecular flexibility index (Phi) is 3.67. The molecule has 0 saturated heterocycles. The molecule has 1 N–H and O–H groups in total. The van der Waals surface area contributed by atoms with Crippen molar-refractivity contribution in [1.82, 2.24) is 0 Å². The molecule has 1 aliphatic carbocycles. The van der Waals surface area contributed by atoms with Gasteiger partial charge in [0.25, 0.3) is 0 Å². The highest BCUT2D eigenvalue weighted by atomic mass is 16.5. The predicted octanol–water partition coefficient (Wildman–Crippen LogP) is 2.98. The molecule has 0 amide bonds. The van der Waals surface area contributed by atoms with Crippen molar-refractivity contribution in [2.45, 2.75) is 38.0 Å². The lowest BCUT2D eigenvalue weighted by atomic mass is 9.95. The third-order valence-corrected chi connectivity index (χ3v) is 3.50. The van der Waals surface area contributed by atoms with E-state index >= 15 is 0 Å². The average Bonchev–Trinajstić information content (AvgIpc) is 2.71. The Labute approximate surface area is 101 Å². The van der Waals surface area contributed by atoms with Gasteiger partial charge in [0.15, 0.2) is 0 Å². The molecule has 0 aliphatic heterocycles. The van der Waals surface area contributed by atoms with Gasteiger partial charge in [0, 0.05) is 6.42 Å². The first kappa shape index (κ1) is 12.0. The standard InChI is InChI=1S/C14H18O3/c1-17-12-8-7-11-6-5-10(13(11)9-12)3-2-4-14(15)16/h7-10H,2-6H2,1H3,(H,15,16)/t10-/m0/s1. The molecule has 1 aromatic rings. The minimum absolute atomic E-state index is 0.274. The van der Waals surface area contributed by atoms with Crippen molar-refractivity contribution in [3.05, 3.63) is 29.3 Å². The fourth-order valence-corrected chi connectivity index (χ4v) is 2.59. The molecule has 0 fully saturated rings. The molecule has 92 valence electrons. The van der Waals surface area contributed by atoms with Gasteiger partial charge >= 0.3 is 5.97 Å². The molecule has 0 aromatic heterocycles. The highest BCUT2D eigenvalue weighted by Crippen LogP contribution is 2.38. The van der Waals surface area contributed by atoms with Gasteiger partial charge in [-0.25, -0.2) is 0 Å². The molecule has 0 saturated carbocycles. The Hall–Kier alpha value is -1.51. The molecule has 0 bridgehead atoms. The molecule has 1 aliphatic rings. The van der Waals surface area contributed by atoms with Crippen LogP contribution >= 0.6 is 0 Å². The van der Waals surface area contributed by atoms with Crippen molar-refractivity contribution < 1.29 is 14.6 Å². The summed E-state index contributed by atoms with van der Waals surface area (Å²) in [6, 6.07) is 6.23. The monoisotopic (exact) mass is 234 g/mol. The van der Waals surface area contributed by atoms with E-state index in [1.54, 1.807) is 7.11 Å². The van der Waals surface area contributed by atoms with Crippen LogP contribution in [-0.4, -0.2) is 18.2 Å². The number of carboxylic acid groups (broad SMARTS) is 1. The number of carboxylic acids is 1. The molecular weight excluding hydrogens is 216 g/mol. The number of methoxy groups -OCH3 is 1. The minimum atomic E-state index is -0.700. The van der Waals surface area contributed by atoms with Crippen LogP contribution in [0.1, 0.15) is 42.7 Å². The lowest BCUT2D eigenvalue weighted by molar-refractivity contribution is -0.137. The summed E-state index contributed by atoms with van der Waals surface area (Å²) in [7, 11) is 1.68. The van der Waals surface area contributed by atoms with Gasteiger partial charge in [-0.3, -0.25) is 4.79 Å². The first-order valence-corrected chi connectivity index (χ1v) is 6.09. The van der Waals surface area contributed by atoms with Crippen LogP contribution in [0.2, 0.25) is 0 Å². The quantitative estimate of drug-likeness (QED) is 0.852. The van der Waals surface area contributed by atoms with Crippen molar-refractivity contribution >= 4 is 5.97 Å². The Morgan fingerprint density at radius 2 is 2.35 bits per heavy atom. The SMILES string of the molecule is COc1ccc2c(c1)[C@@H](CCCC(=O)O)CC2. The van der Waals surface area contributed by atoms with Crippen LogP contribution in [0.4, 0.5) is 0 Å². The van der Waals surface area contributed by atoms with Gasteiger partial charge < -0.3 is 9.84 Å². The second-order valence-corrected chi connectivity index (χ2v) is 4.59. The summed E-state index contributed by atoms with van der Waals surface area (Å²) in [4.78, 5) is 10.5. The normalized spacial score (nSPS) is 17.8. The Morgan fingerprint density at radius 3 is 3.06 bits per heavy atom. The maximum Gasteiger partial charge on any atom is 0.303 e. The Balaban J connectivity index is 2.02. The lowest BCUT2D eigenvalue weighted by Gasteiger charge is -2.11. The number of ether oxygens (including phenoxy) is 1. The molecule has 1 aromatic carbocycles. The van der Waals surface area contributed by atoms with Crippen LogP contribution in [0.3, 0.4) is 0 Å². The van der Waals surface area contributed by atoms with Crippen LogP contribution in [-0.2, 0) is 11.2 Å². The molecule has 3 nitrogen and oxygen atoms in total. The third kappa shape index (κ3) is 2.78. The zero-order chi connectivity index (χ0) is 12.3. The fourth-order valence-electron chi connectivity index (χ4n) is 2.59. The fraction of sp³-hybridized carbons (Fsp3) is 0.500. The van der Waals surface area contributed by atoms with Crippen LogP contribution in [0.15, 0.2) is 18.2 Å². The maximum atomic E-state index is 10.5. The number of carbonyl (C=O) groups is 1. The van der Waals surface area contributed by atoms with Gasteiger partial charge in [0.05, 0.1) is 7.11 Å². The molecule has 17 heavy (non-hydrogen) atoms. The maximum absolute atomic E-state index is 10.5. The van der Waals surface area contributed by atoms with E-state index in [-0.39, 0.29) is 6.42 Å². The first-order valence-electron chi connectivity index (χ1n) is 6.09. The van der Waals surface area contributed by atoms with Gasteiger partial charge in [0.1, 0.15) is 5.75 Å². The number of hydrogen-bond acceptors (Lipinski definition) is 2. The van der Waals surface area contributed by atoms with Crippen molar-refractivity contribution in [3.8, 4) is 5.75 Å². The number of aliphatic carboxylic acids is 1. The van der Waals surface area contributed by atoms with Crippen LogP contribution in [0, 0.1) is 0 Å². The molecule has 0 radical (unpaired) electrons. The average molecular weight is 234 g/mol. The summed E-state index contributed by atoms with van der Waals surface area (Å²) in [6.07, 6.45) is 4.25. The van der Waals surface area contributed by atoms with Gasteiger partial charge in [0.2, 0.25) is 0 Å². The van der Waals surface area contributed by atoms with Crippen molar-refractivity contribution in [3.63, 3.8) is 0 Å². The zero-order valence-corrected chi connectivity index (χ0v) is 10.1. The van der Waals surface area contributed by atoms with Crippen molar-refractivity contribution in [2.75, 3.05) is 7.11 Å². The second-order valence-electron chi connectivity index (χ2n) is 4.59. The summed E-state index contributed by atoms with van der Waals surface area (Å²) in [5, 5.41) is 8.64. The second kappa shape index (κ2) is 5.21. The van der Waals surface area contributed by atoms with Crippen molar-refractivity contribution in [1.29, 1.82) is 0 Å². The van der Waals surface area contributed by atoms with E-state index in [0.717, 1.165) is 31.4 Å². The van der Waals surface area contributed by atoms with Crippen LogP contribution < -0.4 is 4.74 Å². The highest BCUT2D eigenvalue weighted by Gasteiger charge is 2.22. The van der Waals surface area contributed by atoms with Gasteiger partial charge in [-0.1, -0.05) is 6.07 Å². The summed E-state index contributed by atoms with van der Waals surface area (Å²) in [5.74, 6) is 0.710. The molecule has 3 heteroatoms. The van der Waals surface area contributed by atoms with E-state index in [1.165, 1.54) is 11.1 Å². The molecule has 1 atom stereocenters. The van der Waals surface area contributed by atoms with E-state index in [0.29, 0.717) is 5.92 Å². The van der Waals surface area contributed by atoms with Gasteiger partial charge in [-0.05, 0) is 54.9 Å². The Bertz CT molecular complexity index is 412. The van der Waals surface area contributed by atoms with Gasteiger partial charge in [-0.2, -0.15) is 0 Å². The molecular formula is C14H18O3. The third-order valence-electron chi connectivity index (χ3n) is 3.50. The summed E-state index contributed by atoms with van der Waals surface area (Å²) < 4.78 is 5.24. The van der Waals surface area contributed by atoms with Gasteiger partial charge in [-0.15, -0.1) is 0 Å². The van der Waals surface area contributed by atoms with E-state index in [2.05, 4.69) is 12.1 Å². The zero-order valence-electron chi connectivity index (χ0n) is 10.1. The van der Waals surface area contributed by atoms with E-state index in [1.807, 2.05) is 6.07 Å². The summed E-state index contributed by atoms with van der Waals surface area (Å²) in [5.41, 5.74) is 2.75. The number of benzene rings is 1. The first-order chi connectivity index (χ1) is 8.20. The summed E-state index contributed by atoms with van der Waals surface area (Å²) in [6.45, 7) is 0. The predicted molar refractivity (Wildman–Crippen MR) is 65.5 cm³/mol. The topological polar surface area (TPSA) is 46.5 Å². The molecule has 0 unspecified atom stereocenters. The van der Waals surface area contributed by atoms with Crippen LogP contribution in [0.5, 0.6) is 5.75 Å². The Morgan fingerprint density at radius 1 is 1.53 bits per heavy atom. The molecule has 0 heterocycles. The molecule has 2 rings (SSSR count). The number of hydrogen-bond donors (Lipinski definition) is 1. The smallest absolute Gasteiger partial charge is 0.303 e. The van der Waals surface area contributed by atoms with E-state index < -0.39 is 5.97 Å². The highest BCUT2D eigenvalue weighted by molar-refractivity contribution is 5.66. The van der Waals surface area contributed by atoms with Crippen LogP contribution in [0.25, 0.3) is 0 Å². The minimum Gasteiger partial charge on any atom is -0.497 e. The number of aryl methyl sites for hydroxylation is 1. The number of rotatable bonds is 5. The number of fused-ring (bicyclic) bond motifs is 1. The largest absolute Gasteiger partial charge is 0.497 e. The van der Waals surface area contributed by atoms with Crippen molar-refractivity contribution in [2.24, 2.45) is 0 Å².